The van der Waals surface area contributed by atoms with Gasteiger partial charge in [-0.15, -0.1) is 0 Å². The van der Waals surface area contributed by atoms with Gasteiger partial charge in [-0.3, -0.25) is 4.79 Å². The maximum Gasteiger partial charge on any atom is 0.225 e. The van der Waals surface area contributed by atoms with Crippen LogP contribution in [0.4, 0.5) is 5.69 Å². The second kappa shape index (κ2) is 7.26. The van der Waals surface area contributed by atoms with E-state index in [0.717, 1.165) is 25.3 Å². The van der Waals surface area contributed by atoms with Gasteiger partial charge in [0.05, 0.1) is 0 Å². The molecular formula is C15H23N3O. The predicted molar refractivity (Wildman–Crippen MR) is 78.2 cm³/mol. The normalized spacial score (nSPS) is 18.7. The van der Waals surface area contributed by atoms with Crippen molar-refractivity contribution in [2.24, 2.45) is 0 Å². The van der Waals surface area contributed by atoms with Gasteiger partial charge in [-0.1, -0.05) is 18.2 Å². The van der Waals surface area contributed by atoms with Crippen molar-refractivity contribution in [3.8, 4) is 0 Å². The molecule has 4 heteroatoms. The Morgan fingerprint density at radius 3 is 2.89 bits per heavy atom. The van der Waals surface area contributed by atoms with Crippen LogP contribution in [0.25, 0.3) is 0 Å². The smallest absolute Gasteiger partial charge is 0.225 e. The van der Waals surface area contributed by atoms with Gasteiger partial charge in [0.2, 0.25) is 5.91 Å². The highest BCUT2D eigenvalue weighted by Gasteiger charge is 2.16. The minimum Gasteiger partial charge on any atom is -0.326 e. The third kappa shape index (κ3) is 5.01. The second-order valence-corrected chi connectivity index (χ2v) is 5.22. The molecule has 0 aliphatic carbocycles. The highest BCUT2D eigenvalue weighted by atomic mass is 16.1. The molecule has 19 heavy (non-hydrogen) atoms. The van der Waals surface area contributed by atoms with E-state index < -0.39 is 0 Å². The lowest BCUT2D eigenvalue weighted by Gasteiger charge is -2.20. The number of para-hydroxylation sites is 1. The molecule has 4 nitrogen and oxygen atoms in total. The highest BCUT2D eigenvalue weighted by Crippen LogP contribution is 2.07. The van der Waals surface area contributed by atoms with Gasteiger partial charge in [-0.05, 0) is 38.6 Å². The van der Waals surface area contributed by atoms with E-state index in [2.05, 4.69) is 22.6 Å². The third-order valence-electron chi connectivity index (χ3n) is 3.47. The molecule has 1 aromatic carbocycles. The van der Waals surface area contributed by atoms with Gasteiger partial charge in [-0.2, -0.15) is 0 Å². The van der Waals surface area contributed by atoms with Crippen LogP contribution in [-0.4, -0.2) is 43.5 Å². The first-order valence-corrected chi connectivity index (χ1v) is 7.01. The molecule has 1 fully saturated rings. The first-order chi connectivity index (χ1) is 9.24. The number of nitrogens with one attached hydrogen (secondary N) is 2. The summed E-state index contributed by atoms with van der Waals surface area (Å²) in [6, 6.07) is 10.2. The molecule has 0 radical (unpaired) electrons. The minimum absolute atomic E-state index is 0.0810. The number of amides is 1. The molecule has 1 aromatic rings. The van der Waals surface area contributed by atoms with Gasteiger partial charge in [0.1, 0.15) is 0 Å². The number of hydrogen-bond acceptors (Lipinski definition) is 3. The fraction of sp³-hybridized carbons (Fsp3) is 0.533. The Morgan fingerprint density at radius 2 is 2.21 bits per heavy atom. The molecule has 0 bridgehead atoms. The van der Waals surface area contributed by atoms with Crippen LogP contribution in [0.1, 0.15) is 19.3 Å². The summed E-state index contributed by atoms with van der Waals surface area (Å²) in [5.74, 6) is 0.0810. The molecule has 1 heterocycles. The molecule has 1 atom stereocenters. The summed E-state index contributed by atoms with van der Waals surface area (Å²) in [7, 11) is 2.08. The second-order valence-electron chi connectivity index (χ2n) is 5.22. The van der Waals surface area contributed by atoms with Crippen LogP contribution >= 0.6 is 0 Å². The van der Waals surface area contributed by atoms with Crippen LogP contribution in [0.3, 0.4) is 0 Å². The maximum atomic E-state index is 11.8. The summed E-state index contributed by atoms with van der Waals surface area (Å²) in [4.78, 5) is 14.0. The number of benzene rings is 1. The summed E-state index contributed by atoms with van der Waals surface area (Å²) in [5.41, 5.74) is 0.868. The van der Waals surface area contributed by atoms with E-state index in [1.807, 2.05) is 30.3 Å². The van der Waals surface area contributed by atoms with Gasteiger partial charge < -0.3 is 15.5 Å². The van der Waals surface area contributed by atoms with Crippen molar-refractivity contribution < 1.29 is 4.79 Å². The van der Waals surface area contributed by atoms with Crippen LogP contribution in [0.2, 0.25) is 0 Å². The van der Waals surface area contributed by atoms with Crippen molar-refractivity contribution in [3.63, 3.8) is 0 Å². The van der Waals surface area contributed by atoms with Crippen molar-refractivity contribution in [2.75, 3.05) is 32.0 Å². The number of hydrogen-bond donors (Lipinski definition) is 2. The summed E-state index contributed by atoms with van der Waals surface area (Å²) in [5, 5.41) is 6.38. The van der Waals surface area contributed by atoms with Crippen molar-refractivity contribution in [1.29, 1.82) is 0 Å². The highest BCUT2D eigenvalue weighted by molar-refractivity contribution is 5.90. The molecular weight excluding hydrogens is 238 g/mol. The molecule has 0 saturated carbocycles. The molecule has 1 amide bonds. The van der Waals surface area contributed by atoms with Crippen LogP contribution < -0.4 is 10.6 Å². The van der Waals surface area contributed by atoms with Gasteiger partial charge in [0.25, 0.3) is 0 Å². The topological polar surface area (TPSA) is 44.4 Å². The Labute approximate surface area is 115 Å². The van der Waals surface area contributed by atoms with Crippen molar-refractivity contribution >= 4 is 11.6 Å². The molecule has 0 spiro atoms. The maximum absolute atomic E-state index is 11.8. The van der Waals surface area contributed by atoms with E-state index in [4.69, 9.17) is 0 Å². The zero-order chi connectivity index (χ0) is 13.5. The quantitative estimate of drug-likeness (QED) is 0.819. The third-order valence-corrected chi connectivity index (χ3v) is 3.47. The van der Waals surface area contributed by atoms with E-state index in [1.165, 1.54) is 12.8 Å². The summed E-state index contributed by atoms with van der Waals surface area (Å²) in [6.45, 7) is 2.96. The van der Waals surface area contributed by atoms with Gasteiger partial charge in [0, 0.05) is 31.2 Å². The SMILES string of the molecule is CN(CCC(=O)Nc1ccccc1)CC1CCCN1. The van der Waals surface area contributed by atoms with E-state index >= 15 is 0 Å². The van der Waals surface area contributed by atoms with Crippen LogP contribution in [0.5, 0.6) is 0 Å². The van der Waals surface area contributed by atoms with Crippen LogP contribution in [-0.2, 0) is 4.79 Å². The predicted octanol–water partition coefficient (Wildman–Crippen LogP) is 1.70. The average molecular weight is 261 g/mol. The van der Waals surface area contributed by atoms with Crippen LogP contribution in [0, 0.1) is 0 Å². The average Bonchev–Trinajstić information content (AvgIpc) is 2.90. The fourth-order valence-electron chi connectivity index (χ4n) is 2.42. The van der Waals surface area contributed by atoms with E-state index in [-0.39, 0.29) is 5.91 Å². The molecule has 104 valence electrons. The van der Waals surface area contributed by atoms with E-state index in [0.29, 0.717) is 12.5 Å². The number of carbonyl (C=O) groups is 1. The van der Waals surface area contributed by atoms with Gasteiger partial charge in [-0.25, -0.2) is 0 Å². The Bertz CT molecular complexity index is 388. The number of rotatable bonds is 6. The number of anilines is 1. The lowest BCUT2D eigenvalue weighted by molar-refractivity contribution is -0.116. The van der Waals surface area contributed by atoms with Crippen molar-refractivity contribution in [3.05, 3.63) is 30.3 Å². The zero-order valence-electron chi connectivity index (χ0n) is 11.6. The van der Waals surface area contributed by atoms with E-state index in [9.17, 15) is 4.79 Å². The molecule has 0 aromatic heterocycles. The van der Waals surface area contributed by atoms with Gasteiger partial charge >= 0.3 is 0 Å². The Hall–Kier alpha value is -1.39. The standard InChI is InChI=1S/C15H23N3O/c1-18(12-14-8-5-10-16-14)11-9-15(19)17-13-6-3-2-4-7-13/h2-4,6-7,14,16H,5,8-12H2,1H3,(H,17,19). The Balaban J connectivity index is 1.65. The summed E-state index contributed by atoms with van der Waals surface area (Å²) < 4.78 is 0. The Morgan fingerprint density at radius 1 is 1.42 bits per heavy atom. The summed E-state index contributed by atoms with van der Waals surface area (Å²) >= 11 is 0. The minimum atomic E-state index is 0.0810. The first kappa shape index (κ1) is 14.0. The molecule has 1 aliphatic rings. The van der Waals surface area contributed by atoms with Crippen molar-refractivity contribution in [1.82, 2.24) is 10.2 Å². The largest absolute Gasteiger partial charge is 0.326 e. The molecule has 2 rings (SSSR count). The van der Waals surface area contributed by atoms with E-state index in [1.54, 1.807) is 0 Å². The monoisotopic (exact) mass is 261 g/mol. The number of carbonyl (C=O) groups excluding carboxylic acids is 1. The lowest BCUT2D eigenvalue weighted by atomic mass is 10.2. The number of likely N-dealkylation sites (N-methyl/N-ethyl adjacent to an activating group) is 1. The lowest BCUT2D eigenvalue weighted by Crippen LogP contribution is -2.36. The zero-order valence-corrected chi connectivity index (χ0v) is 11.6. The van der Waals surface area contributed by atoms with Gasteiger partial charge in [0.15, 0.2) is 0 Å². The molecule has 1 aliphatic heterocycles. The number of nitrogens with zero attached hydrogens (tertiary/aromatic N) is 1. The summed E-state index contributed by atoms with van der Waals surface area (Å²) in [6.07, 6.45) is 3.06. The first-order valence-electron chi connectivity index (χ1n) is 7.01. The fourth-order valence-corrected chi connectivity index (χ4v) is 2.42. The van der Waals surface area contributed by atoms with Crippen LogP contribution in [0.15, 0.2) is 30.3 Å². The molecule has 2 N–H and O–H groups in total. The van der Waals surface area contributed by atoms with Crippen molar-refractivity contribution in [2.45, 2.75) is 25.3 Å². The molecule has 1 saturated heterocycles. The molecule has 1 unspecified atom stereocenters. The Kier molecular flexibility index (Phi) is 5.36.